The molecule has 6 heterocycles. The SMILES string of the molecule is CC.CC.Cc1c(-c2ccn(C)n2)cn2nc(-c3nccn3C)nc(Nc3ccc(-n4ccnc4)cn3)c12. The average molecular weight is 512 g/mol. The number of nitrogens with one attached hydrogen (secondary N) is 1. The maximum absolute atomic E-state index is 4.84. The molecule has 0 aliphatic carbocycles. The summed E-state index contributed by atoms with van der Waals surface area (Å²) in [6.07, 6.45) is 14.6. The molecule has 0 atom stereocenters. The summed E-state index contributed by atoms with van der Waals surface area (Å²) in [5.41, 5.74) is 4.64. The minimum Gasteiger partial charge on any atom is -0.331 e. The highest BCUT2D eigenvalue weighted by Gasteiger charge is 2.19. The second-order valence-electron chi connectivity index (χ2n) is 7.98. The van der Waals surface area contributed by atoms with Crippen molar-refractivity contribution in [1.82, 2.24) is 48.5 Å². The van der Waals surface area contributed by atoms with Crippen LogP contribution >= 0.6 is 0 Å². The number of rotatable bonds is 5. The Morgan fingerprint density at radius 3 is 2.29 bits per heavy atom. The zero-order valence-corrected chi connectivity index (χ0v) is 22.8. The van der Waals surface area contributed by atoms with Crippen molar-refractivity contribution in [3.63, 3.8) is 0 Å². The Kier molecular flexibility index (Phi) is 7.95. The van der Waals surface area contributed by atoms with Crippen LogP contribution in [0.1, 0.15) is 33.3 Å². The summed E-state index contributed by atoms with van der Waals surface area (Å²) in [5.74, 6) is 2.46. The van der Waals surface area contributed by atoms with E-state index >= 15 is 0 Å². The molecular formula is C27H33N11. The van der Waals surface area contributed by atoms with Gasteiger partial charge in [-0.25, -0.2) is 24.5 Å². The molecule has 0 fully saturated rings. The van der Waals surface area contributed by atoms with Crippen LogP contribution in [0.4, 0.5) is 11.6 Å². The molecule has 0 spiro atoms. The van der Waals surface area contributed by atoms with Crippen molar-refractivity contribution in [2.45, 2.75) is 34.6 Å². The molecule has 1 N–H and O–H groups in total. The molecule has 0 saturated carbocycles. The maximum Gasteiger partial charge on any atom is 0.218 e. The van der Waals surface area contributed by atoms with Crippen LogP contribution in [0.3, 0.4) is 0 Å². The van der Waals surface area contributed by atoms with E-state index < -0.39 is 0 Å². The maximum atomic E-state index is 4.84. The summed E-state index contributed by atoms with van der Waals surface area (Å²) >= 11 is 0. The van der Waals surface area contributed by atoms with Gasteiger partial charge in [0.05, 0.1) is 23.9 Å². The smallest absolute Gasteiger partial charge is 0.218 e. The van der Waals surface area contributed by atoms with Gasteiger partial charge in [0, 0.05) is 56.8 Å². The Bertz CT molecular complexity index is 1600. The van der Waals surface area contributed by atoms with Crippen LogP contribution in [0, 0.1) is 6.92 Å². The lowest BCUT2D eigenvalue weighted by Gasteiger charge is -2.11. The molecule has 0 aliphatic rings. The molecule has 6 rings (SSSR count). The molecule has 0 aliphatic heterocycles. The highest BCUT2D eigenvalue weighted by atomic mass is 15.3. The number of hydrogen-bond donors (Lipinski definition) is 1. The van der Waals surface area contributed by atoms with Gasteiger partial charge in [-0.05, 0) is 30.7 Å². The zero-order chi connectivity index (χ0) is 27.2. The van der Waals surface area contributed by atoms with Crippen LogP contribution in [0.5, 0.6) is 0 Å². The second-order valence-corrected chi connectivity index (χ2v) is 7.98. The molecule has 6 aromatic heterocycles. The Morgan fingerprint density at radius 1 is 0.868 bits per heavy atom. The van der Waals surface area contributed by atoms with Gasteiger partial charge in [-0.2, -0.15) is 5.10 Å². The van der Waals surface area contributed by atoms with Gasteiger partial charge in [-0.3, -0.25) is 4.68 Å². The summed E-state index contributed by atoms with van der Waals surface area (Å²) in [6.45, 7) is 10.0. The van der Waals surface area contributed by atoms with Crippen LogP contribution in [-0.4, -0.2) is 48.5 Å². The summed E-state index contributed by atoms with van der Waals surface area (Å²) in [7, 11) is 3.82. The third kappa shape index (κ3) is 5.03. The van der Waals surface area contributed by atoms with E-state index in [1.807, 2.05) is 105 Å². The molecule has 0 unspecified atom stereocenters. The lowest BCUT2D eigenvalue weighted by atomic mass is 10.1. The molecule has 38 heavy (non-hydrogen) atoms. The lowest BCUT2D eigenvalue weighted by molar-refractivity contribution is 0.770. The summed E-state index contributed by atoms with van der Waals surface area (Å²) < 4.78 is 7.40. The minimum absolute atomic E-state index is 0.500. The van der Waals surface area contributed by atoms with Gasteiger partial charge in [-0.15, -0.1) is 5.10 Å². The fourth-order valence-corrected chi connectivity index (χ4v) is 3.96. The van der Waals surface area contributed by atoms with Gasteiger partial charge in [0.15, 0.2) is 11.6 Å². The molecule has 0 radical (unpaired) electrons. The summed E-state index contributed by atoms with van der Waals surface area (Å²) in [4.78, 5) is 17.9. The Balaban J connectivity index is 0.000000804. The highest BCUT2D eigenvalue weighted by molar-refractivity contribution is 5.84. The van der Waals surface area contributed by atoms with Gasteiger partial charge in [-0.1, -0.05) is 27.7 Å². The number of aryl methyl sites for hydroxylation is 3. The molecular weight excluding hydrogens is 478 g/mol. The van der Waals surface area contributed by atoms with Crippen molar-refractivity contribution in [3.8, 4) is 28.6 Å². The second kappa shape index (κ2) is 11.5. The predicted molar refractivity (Wildman–Crippen MR) is 149 cm³/mol. The van der Waals surface area contributed by atoms with Gasteiger partial charge in [0.2, 0.25) is 5.82 Å². The molecule has 0 aromatic carbocycles. The van der Waals surface area contributed by atoms with Gasteiger partial charge in [0.25, 0.3) is 0 Å². The number of fused-ring (bicyclic) bond motifs is 1. The number of pyridine rings is 1. The fraction of sp³-hybridized carbons (Fsp3) is 0.259. The van der Waals surface area contributed by atoms with Crippen molar-refractivity contribution in [3.05, 3.63) is 73.5 Å². The first-order valence-electron chi connectivity index (χ1n) is 12.7. The average Bonchev–Trinajstić information content (AvgIpc) is 3.75. The molecule has 11 heteroatoms. The van der Waals surface area contributed by atoms with Crippen molar-refractivity contribution in [1.29, 1.82) is 0 Å². The van der Waals surface area contributed by atoms with Gasteiger partial charge >= 0.3 is 0 Å². The summed E-state index contributed by atoms with van der Waals surface area (Å²) in [6, 6.07) is 5.87. The summed E-state index contributed by atoms with van der Waals surface area (Å²) in [5, 5.41) is 12.7. The lowest BCUT2D eigenvalue weighted by Crippen LogP contribution is -2.07. The van der Waals surface area contributed by atoms with Crippen LogP contribution in [-0.2, 0) is 14.1 Å². The minimum atomic E-state index is 0.500. The number of imidazole rings is 2. The molecule has 196 valence electrons. The number of anilines is 2. The van der Waals surface area contributed by atoms with E-state index in [1.54, 1.807) is 29.6 Å². The zero-order valence-electron chi connectivity index (χ0n) is 22.8. The van der Waals surface area contributed by atoms with E-state index in [-0.39, 0.29) is 0 Å². The Morgan fingerprint density at radius 2 is 1.68 bits per heavy atom. The van der Waals surface area contributed by atoms with Crippen molar-refractivity contribution < 1.29 is 0 Å². The molecule has 0 bridgehead atoms. The van der Waals surface area contributed by atoms with Crippen molar-refractivity contribution in [2.24, 2.45) is 14.1 Å². The topological polar surface area (TPSA) is 109 Å². The van der Waals surface area contributed by atoms with E-state index in [1.165, 1.54) is 0 Å². The predicted octanol–water partition coefficient (Wildman–Crippen LogP) is 5.22. The Labute approximate surface area is 221 Å². The molecule has 6 aromatic rings. The molecule has 0 saturated heterocycles. The highest BCUT2D eigenvalue weighted by Crippen LogP contribution is 2.32. The van der Waals surface area contributed by atoms with Crippen molar-refractivity contribution in [2.75, 3.05) is 5.32 Å². The van der Waals surface area contributed by atoms with Crippen LogP contribution < -0.4 is 5.32 Å². The monoisotopic (exact) mass is 511 g/mol. The van der Waals surface area contributed by atoms with Crippen LogP contribution in [0.15, 0.2) is 67.9 Å². The first kappa shape index (κ1) is 26.3. The van der Waals surface area contributed by atoms with E-state index in [0.29, 0.717) is 23.3 Å². The third-order valence-corrected chi connectivity index (χ3v) is 5.69. The van der Waals surface area contributed by atoms with E-state index in [9.17, 15) is 0 Å². The normalized spacial score (nSPS) is 10.5. The quantitative estimate of drug-likeness (QED) is 0.338. The van der Waals surface area contributed by atoms with Crippen molar-refractivity contribution >= 4 is 17.2 Å². The van der Waals surface area contributed by atoms with Gasteiger partial charge < -0.3 is 14.5 Å². The van der Waals surface area contributed by atoms with E-state index in [0.717, 1.165) is 28.0 Å². The van der Waals surface area contributed by atoms with Crippen LogP contribution in [0.25, 0.3) is 34.1 Å². The number of hydrogen-bond acceptors (Lipinski definition) is 7. The van der Waals surface area contributed by atoms with Crippen LogP contribution in [0.2, 0.25) is 0 Å². The largest absolute Gasteiger partial charge is 0.331 e. The number of aromatic nitrogens is 10. The number of nitrogens with zero attached hydrogens (tertiary/aromatic N) is 10. The first-order valence-corrected chi connectivity index (χ1v) is 12.7. The molecule has 11 nitrogen and oxygen atoms in total. The van der Waals surface area contributed by atoms with Gasteiger partial charge in [0.1, 0.15) is 11.3 Å². The van der Waals surface area contributed by atoms with E-state index in [4.69, 9.17) is 10.1 Å². The van der Waals surface area contributed by atoms with E-state index in [2.05, 4.69) is 25.4 Å². The standard InChI is InChI=1S/C23H21N11.2C2H6/c1-15-17(18-6-9-32(3)29-18)13-34-20(15)21(28-22(30-34)23-25-8-10-31(23)2)27-19-5-4-16(12-26-19)33-11-7-24-14-33;2*1-2/h4-14H,1-3H3,(H,26,27,28,30);2*1-2H3. The fourth-order valence-electron chi connectivity index (χ4n) is 3.96. The first-order chi connectivity index (χ1) is 18.6. The third-order valence-electron chi connectivity index (χ3n) is 5.69. The Hall–Kier alpha value is -4.80. The molecule has 0 amide bonds.